The molecule has 0 radical (unpaired) electrons. The van der Waals surface area contributed by atoms with Crippen LogP contribution in [-0.4, -0.2) is 0 Å². The number of benzene rings is 12. The van der Waals surface area contributed by atoms with E-state index in [9.17, 15) is 32.9 Å². The minimum absolute atomic E-state index is 0.367. The van der Waals surface area contributed by atoms with Crippen LogP contribution in [0.4, 0.5) is 0 Å². The molecule has 0 aliphatic heterocycles. The highest BCUT2D eigenvalue weighted by Gasteiger charge is 2.36. The Labute approximate surface area is 381 Å². The maximum atomic E-state index is 10.2. The van der Waals surface area contributed by atoms with Crippen LogP contribution < -0.4 is 0 Å². The third-order valence-electron chi connectivity index (χ3n) is 10.5. The van der Waals surface area contributed by atoms with Crippen molar-refractivity contribution in [1.29, 1.82) is 0 Å². The largest absolute Gasteiger partial charge is 0.0633 e. The molecule has 0 unspecified atom stereocenters. The fourth-order valence-electron chi connectivity index (χ4n) is 7.94. The summed E-state index contributed by atoms with van der Waals surface area (Å²) in [5.74, 6) is 0. The molecule has 0 amide bonds. The van der Waals surface area contributed by atoms with Crippen molar-refractivity contribution in [2.24, 2.45) is 0 Å². The second kappa shape index (κ2) is 11.1. The van der Waals surface area contributed by atoms with Gasteiger partial charge in [-0.05, 0) is 143 Å². The molecule has 0 nitrogen and oxygen atoms in total. The van der Waals surface area contributed by atoms with Crippen LogP contribution in [-0.2, 0) is 5.41 Å². The number of fused-ring (bicyclic) bond motifs is 4. The Kier molecular flexibility index (Phi) is 2.42. The summed E-state index contributed by atoms with van der Waals surface area (Å²) < 4.78 is 335. The summed E-state index contributed by atoms with van der Waals surface area (Å²) in [7, 11) is 0. The maximum Gasteiger partial charge on any atom is 0.0633 e. The molecule has 0 bridgehead atoms. The Morgan fingerprint density at radius 3 is 1.23 bits per heavy atom. The number of hydrogen-bond acceptors (Lipinski definition) is 0. The van der Waals surface area contributed by atoms with Crippen LogP contribution in [0.3, 0.4) is 0 Å². The zero-order valence-corrected chi connectivity index (χ0v) is 28.5. The molecule has 0 spiro atoms. The molecular formula is C57H36. The average Bonchev–Trinajstić information content (AvgIpc) is 1.65. The molecule has 12 aromatic carbocycles. The SMILES string of the molecule is [2H]c1c([2H])c2c(c([2H])c1-c1c([2H])c([2H])c(-c3c([2H])c([2H])c4c([2H])c([2H])c5c([2H])c([2H])c([2H])c6c([2H])c([2H])c3c4c56)c3c([2H])c([2H])c([2H])c([2H])c13)C(C([2H])([2H])[2H])(C([2H])([2H])[2H])c1c([2H])c(-c3c([2H])c([2H])c4c([2H])c([2H])c5c([2H])c([2H])c([2H])c6c([2H])c([2H])c3c4c56)c([2H])c([2H])c1-2. The molecule has 0 fully saturated rings. The Morgan fingerprint density at radius 1 is 0.316 bits per heavy atom. The van der Waals surface area contributed by atoms with Crippen LogP contribution in [0.2, 0.25) is 0 Å². The van der Waals surface area contributed by atoms with Gasteiger partial charge in [0.05, 0.1) is 41.1 Å². The van der Waals surface area contributed by atoms with E-state index in [-0.39, 0.29) is 5.39 Å². The standard InChI is InChI=1S/C57H36/c1-57(2)51-31-39(21-25-47(51)48-26-22-40(32-52(48)57)42-23-17-37-15-13-33-7-5-9-35-19-27-49(42)55(37)53(33)35)41-29-30-45(44-12-4-3-11-43(41)44)46-24-18-38-16-14-34-8-6-10-36-20-28-50(46)56(38)54(34)36/h3-32H,1-2H3/i1D3,2D3,3D,4D,5D,6D,7D,8D,9D,10D,11D,12D,13D,14D,15D,16D,17D,18D,19D,20D,21D,22D,23D,24D,25D,26D,27D,28D,29D,30D,31D,32D. The zero-order valence-electron chi connectivity index (χ0n) is 64.5. The van der Waals surface area contributed by atoms with E-state index >= 15 is 0 Å². The molecule has 0 saturated heterocycles. The lowest BCUT2D eigenvalue weighted by atomic mass is 9.80. The van der Waals surface area contributed by atoms with Gasteiger partial charge in [0, 0.05) is 13.6 Å². The van der Waals surface area contributed by atoms with Gasteiger partial charge in [0.15, 0.2) is 0 Å². The first-order valence-corrected chi connectivity index (χ1v) is 17.2. The predicted octanol–water partition coefficient (Wildman–Crippen LogP) is 15.9. The van der Waals surface area contributed by atoms with E-state index in [0.29, 0.717) is 0 Å². The third kappa shape index (κ3) is 4.17. The van der Waals surface area contributed by atoms with Crippen LogP contribution in [0, 0.1) is 0 Å². The van der Waals surface area contributed by atoms with Gasteiger partial charge in [-0.25, -0.2) is 0 Å². The molecule has 1 aliphatic carbocycles. The monoisotopic (exact) mass is 757 g/mol. The third-order valence-corrected chi connectivity index (χ3v) is 10.5. The summed E-state index contributed by atoms with van der Waals surface area (Å²) in [4.78, 5) is 0. The maximum absolute atomic E-state index is 10.2. The molecule has 0 heteroatoms. The molecule has 264 valence electrons. The van der Waals surface area contributed by atoms with Gasteiger partial charge in [0.1, 0.15) is 0 Å². The van der Waals surface area contributed by atoms with E-state index in [1.165, 1.54) is 0 Å². The van der Waals surface area contributed by atoms with Gasteiger partial charge in [-0.1, -0.05) is 183 Å². The molecule has 0 atom stereocenters. The van der Waals surface area contributed by atoms with Gasteiger partial charge in [-0.15, -0.1) is 0 Å². The zero-order chi connectivity index (χ0) is 68.7. The first-order chi connectivity index (χ1) is 43.1. The first-order valence-electron chi connectivity index (χ1n) is 35.2. The highest BCUT2D eigenvalue weighted by atomic mass is 14.4. The summed E-state index contributed by atoms with van der Waals surface area (Å²) in [6.07, 6.45) is 0. The molecule has 57 heavy (non-hydrogen) atoms. The Bertz CT molecular complexity index is 5580. The Balaban J connectivity index is 1.20. The second-order valence-electron chi connectivity index (χ2n) is 13.5. The van der Waals surface area contributed by atoms with E-state index in [0.717, 1.165) is 0 Å². The minimum Gasteiger partial charge on any atom is -0.0616 e. The van der Waals surface area contributed by atoms with Crippen LogP contribution in [0.15, 0.2) is 181 Å². The average molecular weight is 757 g/mol. The smallest absolute Gasteiger partial charge is 0.0616 e. The van der Waals surface area contributed by atoms with Crippen molar-refractivity contribution in [3.63, 3.8) is 0 Å². The molecule has 0 saturated carbocycles. The summed E-state index contributed by atoms with van der Waals surface area (Å²) in [6.45, 7) is -8.30. The van der Waals surface area contributed by atoms with E-state index in [4.69, 9.17) is 16.4 Å². The molecule has 13 rings (SSSR count). The van der Waals surface area contributed by atoms with E-state index in [2.05, 4.69) is 0 Å². The van der Waals surface area contributed by atoms with Crippen LogP contribution >= 0.6 is 0 Å². The van der Waals surface area contributed by atoms with Gasteiger partial charge in [0.25, 0.3) is 0 Å². The normalized spacial score (nSPS) is 22.9. The van der Waals surface area contributed by atoms with Gasteiger partial charge >= 0.3 is 0 Å². The van der Waals surface area contributed by atoms with E-state index in [1.54, 1.807) is 0 Å². The topological polar surface area (TPSA) is 0 Å². The summed E-state index contributed by atoms with van der Waals surface area (Å²) >= 11 is 0. The van der Waals surface area contributed by atoms with Crippen molar-refractivity contribution in [2.45, 2.75) is 19.1 Å². The summed E-state index contributed by atoms with van der Waals surface area (Å²) in [5.41, 5.74) is -14.4. The van der Waals surface area contributed by atoms with Crippen molar-refractivity contribution < 1.29 is 49.3 Å². The summed E-state index contributed by atoms with van der Waals surface area (Å²) in [5, 5.41) is -7.94. The number of rotatable bonds is 3. The van der Waals surface area contributed by atoms with Gasteiger partial charge in [-0.2, -0.15) is 0 Å². The van der Waals surface area contributed by atoms with Crippen molar-refractivity contribution >= 4 is 75.4 Å². The molecule has 0 N–H and O–H groups in total. The van der Waals surface area contributed by atoms with Crippen molar-refractivity contribution in [3.05, 3.63) is 192 Å². The van der Waals surface area contributed by atoms with Crippen molar-refractivity contribution in [3.8, 4) is 44.5 Å². The Morgan fingerprint density at radius 2 is 0.684 bits per heavy atom. The van der Waals surface area contributed by atoms with Gasteiger partial charge in [-0.3, -0.25) is 0 Å². The summed E-state index contributed by atoms with van der Waals surface area (Å²) in [6, 6.07) is -30.5. The highest BCUT2D eigenvalue weighted by molar-refractivity contribution is 6.27. The lowest BCUT2D eigenvalue weighted by Crippen LogP contribution is -2.15. The molecular weight excluding hydrogens is 685 g/mol. The molecule has 12 aromatic rings. The number of hydrogen-bond donors (Lipinski definition) is 0. The van der Waals surface area contributed by atoms with E-state index in [1.807, 2.05) is 0 Å². The van der Waals surface area contributed by atoms with Crippen LogP contribution in [0.25, 0.3) is 120 Å². The second-order valence-corrected chi connectivity index (χ2v) is 13.5. The lowest BCUT2D eigenvalue weighted by Gasteiger charge is -2.23. The Hall–Kier alpha value is -7.02. The molecule has 0 heterocycles. The van der Waals surface area contributed by atoms with Gasteiger partial charge < -0.3 is 0 Å². The van der Waals surface area contributed by atoms with Crippen molar-refractivity contribution in [2.75, 3.05) is 0 Å². The lowest BCUT2D eigenvalue weighted by molar-refractivity contribution is 0.661. The quantitative estimate of drug-likeness (QED) is 0.158. The molecule has 0 aromatic heterocycles. The fraction of sp³-hybridized carbons (Fsp3) is 0.0526. The van der Waals surface area contributed by atoms with Crippen LogP contribution in [0.1, 0.15) is 74.2 Å². The van der Waals surface area contributed by atoms with Crippen LogP contribution in [0.5, 0.6) is 0 Å². The minimum atomic E-state index is -4.15. The molecule has 1 aliphatic rings. The highest BCUT2D eigenvalue weighted by Crippen LogP contribution is 2.52. The van der Waals surface area contributed by atoms with Gasteiger partial charge in [0.2, 0.25) is 0 Å². The van der Waals surface area contributed by atoms with E-state index < -0.39 is 326 Å². The predicted molar refractivity (Wildman–Crippen MR) is 245 cm³/mol. The first kappa shape index (κ1) is 12.5. The fourth-order valence-corrected chi connectivity index (χ4v) is 7.94. The van der Waals surface area contributed by atoms with Crippen molar-refractivity contribution in [1.82, 2.24) is 0 Å².